The average molecular weight is 749 g/mol. The van der Waals surface area contributed by atoms with Gasteiger partial charge in [0, 0.05) is 38.8 Å². The summed E-state index contributed by atoms with van der Waals surface area (Å²) in [6, 6.07) is 52.1. The van der Waals surface area contributed by atoms with E-state index in [2.05, 4.69) is 78.9 Å². The molecule has 278 valence electrons. The molecule has 0 spiro atoms. The van der Waals surface area contributed by atoms with Crippen LogP contribution in [0.1, 0.15) is 73.0 Å². The normalized spacial score (nSPS) is 14.6. The summed E-state index contributed by atoms with van der Waals surface area (Å²) in [7, 11) is 0. The summed E-state index contributed by atoms with van der Waals surface area (Å²) in [6.07, 6.45) is 13.9. The Balaban J connectivity index is 1.12. The van der Waals surface area contributed by atoms with Crippen LogP contribution in [0.5, 0.6) is 0 Å². The van der Waals surface area contributed by atoms with E-state index in [-0.39, 0.29) is 5.41 Å². The molecule has 0 amide bonds. The van der Waals surface area contributed by atoms with Crippen LogP contribution in [0.2, 0.25) is 0 Å². The Kier molecular flexibility index (Phi) is 10.1. The average Bonchev–Trinajstić information content (AvgIpc) is 3.32. The van der Waals surface area contributed by atoms with Gasteiger partial charge in [0.1, 0.15) is 23.3 Å². The number of hydrogen-bond donors (Lipinski definition) is 0. The zero-order chi connectivity index (χ0) is 39.3. The van der Waals surface area contributed by atoms with Crippen molar-refractivity contribution in [2.75, 3.05) is 0 Å². The van der Waals surface area contributed by atoms with Crippen molar-refractivity contribution >= 4 is 5.57 Å². The molecule has 6 heteroatoms. The van der Waals surface area contributed by atoms with E-state index in [1.54, 1.807) is 0 Å². The SMILES string of the molecule is N#Cc1c(-c2ccccc2)nc(C2=CCCC=C2)nc1-c1ccc(C2(c3ccc(-c4nc(-c5ccccc5)nc(-c5ccccc5)c4C#N)cc3)CCCCC2)cc1. The maximum atomic E-state index is 10.6. The molecule has 9 rings (SSSR count). The number of aromatic nitrogens is 4. The third-order valence-electron chi connectivity index (χ3n) is 11.6. The van der Waals surface area contributed by atoms with Gasteiger partial charge in [-0.2, -0.15) is 10.5 Å². The van der Waals surface area contributed by atoms with Crippen molar-refractivity contribution in [2.45, 2.75) is 50.4 Å². The minimum absolute atomic E-state index is 0.189. The van der Waals surface area contributed by atoms with Crippen LogP contribution in [0.25, 0.3) is 62.0 Å². The standard InChI is InChI=1S/C52H40N6/c53-34-44-46(36-16-6-1-7-17-36)55-50(40-20-10-3-11-21-40)57-48(44)38-24-28-42(29-25-38)52(32-14-5-15-33-52)43-30-26-39(27-31-43)49-45(35-54)47(37-18-8-2-9-19-37)56-51(58-49)41-22-12-4-13-23-41/h1-3,6-12,16-31H,4-5,13-15,32-33H2. The van der Waals surface area contributed by atoms with Gasteiger partial charge < -0.3 is 0 Å². The first-order chi connectivity index (χ1) is 28.6. The molecule has 2 aliphatic rings. The highest BCUT2D eigenvalue weighted by Crippen LogP contribution is 2.46. The fraction of sp³-hybridized carbons (Fsp3) is 0.154. The summed E-state index contributed by atoms with van der Waals surface area (Å²) in [5, 5.41) is 21.1. The number of rotatable bonds is 8. The summed E-state index contributed by atoms with van der Waals surface area (Å²) in [4.78, 5) is 20.0. The number of nitriles is 2. The van der Waals surface area contributed by atoms with Crippen molar-refractivity contribution < 1.29 is 0 Å². The monoisotopic (exact) mass is 748 g/mol. The van der Waals surface area contributed by atoms with Crippen molar-refractivity contribution in [3.05, 3.63) is 186 Å². The second kappa shape index (κ2) is 16.1. The molecule has 6 nitrogen and oxygen atoms in total. The van der Waals surface area contributed by atoms with Crippen LogP contribution in [-0.4, -0.2) is 19.9 Å². The van der Waals surface area contributed by atoms with E-state index >= 15 is 0 Å². The molecule has 58 heavy (non-hydrogen) atoms. The lowest BCUT2D eigenvalue weighted by atomic mass is 9.65. The summed E-state index contributed by atoms with van der Waals surface area (Å²) in [6.45, 7) is 0. The maximum absolute atomic E-state index is 10.6. The molecule has 1 fully saturated rings. The van der Waals surface area contributed by atoms with Gasteiger partial charge in [0.15, 0.2) is 11.6 Å². The van der Waals surface area contributed by atoms with E-state index in [0.717, 1.165) is 71.9 Å². The van der Waals surface area contributed by atoms with E-state index < -0.39 is 0 Å². The van der Waals surface area contributed by atoms with Gasteiger partial charge in [-0.1, -0.05) is 177 Å². The molecule has 0 unspecified atom stereocenters. The quantitative estimate of drug-likeness (QED) is 0.153. The highest BCUT2D eigenvalue weighted by Gasteiger charge is 2.36. The highest BCUT2D eigenvalue weighted by molar-refractivity contribution is 5.82. The van der Waals surface area contributed by atoms with Crippen molar-refractivity contribution in [2.24, 2.45) is 0 Å². The van der Waals surface area contributed by atoms with Crippen molar-refractivity contribution in [3.63, 3.8) is 0 Å². The van der Waals surface area contributed by atoms with Crippen LogP contribution in [-0.2, 0) is 5.41 Å². The van der Waals surface area contributed by atoms with E-state index in [1.807, 2.05) is 91.0 Å². The molecular weight excluding hydrogens is 709 g/mol. The Bertz CT molecular complexity index is 2730. The fourth-order valence-electron chi connectivity index (χ4n) is 8.58. The van der Waals surface area contributed by atoms with Crippen LogP contribution in [0.4, 0.5) is 0 Å². The van der Waals surface area contributed by atoms with Gasteiger partial charge in [0.2, 0.25) is 0 Å². The third kappa shape index (κ3) is 6.91. The largest absolute Gasteiger partial charge is 0.227 e. The molecule has 0 aliphatic heterocycles. The van der Waals surface area contributed by atoms with Crippen LogP contribution >= 0.6 is 0 Å². The van der Waals surface area contributed by atoms with E-state index in [0.29, 0.717) is 45.6 Å². The first kappa shape index (κ1) is 36.4. The van der Waals surface area contributed by atoms with Gasteiger partial charge in [0.25, 0.3) is 0 Å². The highest BCUT2D eigenvalue weighted by atomic mass is 14.9. The van der Waals surface area contributed by atoms with Gasteiger partial charge in [-0.25, -0.2) is 19.9 Å². The molecule has 0 N–H and O–H groups in total. The third-order valence-corrected chi connectivity index (χ3v) is 11.6. The molecule has 1 saturated carbocycles. The predicted molar refractivity (Wildman–Crippen MR) is 231 cm³/mol. The zero-order valence-electron chi connectivity index (χ0n) is 32.1. The van der Waals surface area contributed by atoms with Crippen molar-refractivity contribution in [3.8, 4) is 68.6 Å². The Morgan fingerprint density at radius 2 is 0.845 bits per heavy atom. The fourth-order valence-corrected chi connectivity index (χ4v) is 8.58. The van der Waals surface area contributed by atoms with Gasteiger partial charge in [0.05, 0.1) is 22.8 Å². The molecule has 0 atom stereocenters. The molecule has 2 aromatic heterocycles. The number of allylic oxidation sites excluding steroid dienone is 4. The van der Waals surface area contributed by atoms with Crippen molar-refractivity contribution in [1.82, 2.24) is 19.9 Å². The lowest BCUT2D eigenvalue weighted by molar-refractivity contribution is 0.346. The number of hydrogen-bond acceptors (Lipinski definition) is 6. The Hall–Kier alpha value is -7.28. The van der Waals surface area contributed by atoms with E-state index in [4.69, 9.17) is 19.9 Å². The zero-order valence-corrected chi connectivity index (χ0v) is 32.1. The summed E-state index contributed by atoms with van der Waals surface area (Å²) in [5.41, 5.74) is 11.2. The first-order valence-corrected chi connectivity index (χ1v) is 20.0. The van der Waals surface area contributed by atoms with E-state index in [9.17, 15) is 10.5 Å². The Labute approximate surface area is 339 Å². The van der Waals surface area contributed by atoms with Crippen LogP contribution in [0, 0.1) is 22.7 Å². The van der Waals surface area contributed by atoms with Crippen LogP contribution < -0.4 is 0 Å². The second-order valence-corrected chi connectivity index (χ2v) is 15.0. The first-order valence-electron chi connectivity index (χ1n) is 20.0. The summed E-state index contributed by atoms with van der Waals surface area (Å²) in [5.74, 6) is 1.21. The molecule has 5 aromatic carbocycles. The Morgan fingerprint density at radius 3 is 1.26 bits per heavy atom. The smallest absolute Gasteiger partial charge is 0.160 e. The van der Waals surface area contributed by atoms with E-state index in [1.165, 1.54) is 17.5 Å². The van der Waals surface area contributed by atoms with Crippen LogP contribution in [0.15, 0.2) is 158 Å². The lowest BCUT2D eigenvalue weighted by Crippen LogP contribution is -2.30. The number of benzene rings is 5. The van der Waals surface area contributed by atoms with Crippen molar-refractivity contribution in [1.29, 1.82) is 10.5 Å². The number of nitrogens with zero attached hydrogens (tertiary/aromatic N) is 6. The van der Waals surface area contributed by atoms with Crippen LogP contribution in [0.3, 0.4) is 0 Å². The predicted octanol–water partition coefficient (Wildman–Crippen LogP) is 12.3. The molecular formula is C52H40N6. The maximum Gasteiger partial charge on any atom is 0.160 e. The van der Waals surface area contributed by atoms with Gasteiger partial charge >= 0.3 is 0 Å². The van der Waals surface area contributed by atoms with Gasteiger partial charge in [-0.15, -0.1) is 0 Å². The minimum Gasteiger partial charge on any atom is -0.227 e. The summed E-state index contributed by atoms with van der Waals surface area (Å²) < 4.78 is 0. The van der Waals surface area contributed by atoms with Gasteiger partial charge in [-0.3, -0.25) is 0 Å². The minimum atomic E-state index is -0.189. The molecule has 7 aromatic rings. The second-order valence-electron chi connectivity index (χ2n) is 15.0. The summed E-state index contributed by atoms with van der Waals surface area (Å²) >= 11 is 0. The Morgan fingerprint density at radius 1 is 0.431 bits per heavy atom. The molecule has 0 radical (unpaired) electrons. The molecule has 2 aliphatic carbocycles. The topological polar surface area (TPSA) is 99.1 Å². The molecule has 0 bridgehead atoms. The molecule has 2 heterocycles. The lowest BCUT2D eigenvalue weighted by Gasteiger charge is -2.39. The molecule has 0 saturated heterocycles. The van der Waals surface area contributed by atoms with Gasteiger partial charge in [-0.05, 0) is 36.8 Å².